The third-order valence-corrected chi connectivity index (χ3v) is 5.45. The summed E-state index contributed by atoms with van der Waals surface area (Å²) in [6, 6.07) is -0.0887. The summed E-state index contributed by atoms with van der Waals surface area (Å²) in [7, 11) is 5.55. The molecule has 1 aliphatic heterocycles. The van der Waals surface area contributed by atoms with Crippen LogP contribution < -0.4 is 0 Å². The van der Waals surface area contributed by atoms with Crippen molar-refractivity contribution in [2.75, 3.05) is 0 Å². The molecule has 1 aliphatic carbocycles. The van der Waals surface area contributed by atoms with Gasteiger partial charge in [-0.1, -0.05) is 6.92 Å². The highest BCUT2D eigenvalue weighted by Gasteiger charge is 2.48. The standard InChI is InChI=1S/C17H28BNO4/c1-5-14-15(23-17(3,4)19(14)16(18)22)9-11-8-12(21)6-7-13(11)10(2)20/h11-15,21H,5-9H2,1-4H3. The third-order valence-electron chi connectivity index (χ3n) is 5.45. The average Bonchev–Trinajstić information content (AvgIpc) is 2.68. The summed E-state index contributed by atoms with van der Waals surface area (Å²) >= 11 is 0. The Morgan fingerprint density at radius 2 is 2.00 bits per heavy atom. The smallest absolute Gasteiger partial charge is 0.200 e. The van der Waals surface area contributed by atoms with E-state index in [4.69, 9.17) is 12.6 Å². The first kappa shape index (κ1) is 18.5. The van der Waals surface area contributed by atoms with Crippen molar-refractivity contribution in [3.8, 4) is 0 Å². The maximum Gasteiger partial charge on any atom is 0.200 e. The molecule has 1 saturated carbocycles. The Kier molecular flexibility index (Phi) is 5.57. The number of hydrogen-bond donors (Lipinski definition) is 1. The molecule has 0 aromatic heterocycles. The van der Waals surface area contributed by atoms with Crippen molar-refractivity contribution in [2.45, 2.75) is 83.8 Å². The number of rotatable bonds is 4. The van der Waals surface area contributed by atoms with E-state index in [0.29, 0.717) is 19.3 Å². The van der Waals surface area contributed by atoms with E-state index in [1.165, 1.54) is 0 Å². The van der Waals surface area contributed by atoms with Crippen LogP contribution in [0.1, 0.15) is 59.8 Å². The monoisotopic (exact) mass is 321 g/mol. The molecule has 1 saturated heterocycles. The molecule has 23 heavy (non-hydrogen) atoms. The molecule has 128 valence electrons. The number of aliphatic hydroxyl groups excluding tert-OH is 1. The van der Waals surface area contributed by atoms with Crippen molar-refractivity contribution < 1.29 is 19.4 Å². The fourth-order valence-electron chi connectivity index (χ4n) is 4.48. The highest BCUT2D eigenvalue weighted by Crippen LogP contribution is 2.41. The minimum Gasteiger partial charge on any atom is -0.393 e. The van der Waals surface area contributed by atoms with Crippen LogP contribution in [-0.2, 0) is 9.53 Å². The molecular formula is C17H28BNO4. The van der Waals surface area contributed by atoms with Crippen LogP contribution in [0.25, 0.3) is 0 Å². The van der Waals surface area contributed by atoms with Crippen LogP contribution in [0.3, 0.4) is 0 Å². The fourth-order valence-corrected chi connectivity index (χ4v) is 4.48. The topological polar surface area (TPSA) is 66.8 Å². The van der Waals surface area contributed by atoms with E-state index in [9.17, 15) is 14.7 Å². The second-order valence-electron chi connectivity index (χ2n) is 7.47. The van der Waals surface area contributed by atoms with E-state index in [0.717, 1.165) is 12.8 Å². The van der Waals surface area contributed by atoms with Gasteiger partial charge in [-0.05, 0) is 58.8 Å². The number of hydrogen-bond acceptors (Lipinski definition) is 4. The summed E-state index contributed by atoms with van der Waals surface area (Å²) in [6.07, 6.45) is 2.95. The number of Topliss-reactive ketones (excluding diaryl/α,β-unsaturated/α-hetero) is 1. The van der Waals surface area contributed by atoms with Crippen molar-refractivity contribution in [1.82, 2.24) is 4.90 Å². The van der Waals surface area contributed by atoms with Crippen LogP contribution in [-0.4, -0.2) is 53.4 Å². The summed E-state index contributed by atoms with van der Waals surface area (Å²) < 4.78 is 6.12. The number of carbonyl (C=O) groups excluding carboxylic acids is 2. The van der Waals surface area contributed by atoms with Crippen LogP contribution in [0.15, 0.2) is 0 Å². The van der Waals surface area contributed by atoms with Gasteiger partial charge in [-0.15, -0.1) is 0 Å². The Balaban J connectivity index is 2.17. The van der Waals surface area contributed by atoms with Gasteiger partial charge in [0.25, 0.3) is 0 Å². The van der Waals surface area contributed by atoms with Crippen molar-refractivity contribution >= 4 is 19.4 Å². The van der Waals surface area contributed by atoms with Gasteiger partial charge in [-0.25, -0.2) is 0 Å². The lowest BCUT2D eigenvalue weighted by atomic mass is 9.73. The molecule has 6 heteroatoms. The lowest BCUT2D eigenvalue weighted by molar-refractivity contribution is -0.125. The van der Waals surface area contributed by atoms with Crippen molar-refractivity contribution in [3.63, 3.8) is 0 Å². The minimum atomic E-state index is -0.740. The molecule has 5 atom stereocenters. The molecule has 5 nitrogen and oxygen atoms in total. The van der Waals surface area contributed by atoms with Crippen LogP contribution in [0.4, 0.5) is 4.79 Å². The van der Waals surface area contributed by atoms with Gasteiger partial charge in [-0.2, -0.15) is 0 Å². The van der Waals surface area contributed by atoms with Crippen molar-refractivity contribution in [3.05, 3.63) is 0 Å². The molecule has 2 fully saturated rings. The van der Waals surface area contributed by atoms with E-state index >= 15 is 0 Å². The van der Waals surface area contributed by atoms with Crippen molar-refractivity contribution in [2.24, 2.45) is 11.8 Å². The van der Waals surface area contributed by atoms with E-state index in [1.807, 2.05) is 20.8 Å². The molecule has 1 N–H and O–H groups in total. The lowest BCUT2D eigenvalue weighted by Gasteiger charge is -2.35. The Hall–Kier alpha value is -0.875. The van der Waals surface area contributed by atoms with Gasteiger partial charge in [0.15, 0.2) is 5.81 Å². The van der Waals surface area contributed by atoms with Crippen molar-refractivity contribution in [1.29, 1.82) is 0 Å². The van der Waals surface area contributed by atoms with Gasteiger partial charge in [0.05, 0.1) is 18.2 Å². The molecule has 1 amide bonds. The minimum absolute atomic E-state index is 0.0229. The first-order valence-electron chi connectivity index (χ1n) is 8.62. The molecule has 2 aliphatic rings. The number of carbonyl (C=O) groups is 2. The highest BCUT2D eigenvalue weighted by molar-refractivity contribution is 6.57. The summed E-state index contributed by atoms with van der Waals surface area (Å²) in [5.41, 5.74) is -0.740. The number of ether oxygens (including phenoxy) is 1. The largest absolute Gasteiger partial charge is 0.393 e. The SMILES string of the molecule is [B]C(=O)N1C(CC)C(CC2CC(O)CCC2C(C)=O)OC1(C)C. The van der Waals surface area contributed by atoms with Gasteiger partial charge < -0.3 is 14.7 Å². The molecule has 2 radical (unpaired) electrons. The molecule has 2 rings (SSSR count). The van der Waals surface area contributed by atoms with Crippen LogP contribution in [0.5, 0.6) is 0 Å². The van der Waals surface area contributed by atoms with Gasteiger partial charge >= 0.3 is 0 Å². The van der Waals surface area contributed by atoms with Gasteiger partial charge in [0.2, 0.25) is 7.85 Å². The second kappa shape index (κ2) is 6.93. The zero-order valence-electron chi connectivity index (χ0n) is 14.6. The maximum absolute atomic E-state index is 11.9. The Morgan fingerprint density at radius 1 is 1.35 bits per heavy atom. The predicted octanol–water partition coefficient (Wildman–Crippen LogP) is 2.25. The molecular weight excluding hydrogens is 293 g/mol. The third kappa shape index (κ3) is 3.79. The molecule has 0 spiro atoms. The van der Waals surface area contributed by atoms with Gasteiger partial charge in [-0.3, -0.25) is 9.59 Å². The summed E-state index contributed by atoms with van der Waals surface area (Å²) in [5.74, 6) is -0.223. The van der Waals surface area contributed by atoms with Gasteiger partial charge in [0, 0.05) is 5.92 Å². The first-order valence-corrected chi connectivity index (χ1v) is 8.62. The summed E-state index contributed by atoms with van der Waals surface area (Å²) in [5, 5.41) is 9.98. The molecule has 0 aromatic rings. The number of ketones is 1. The maximum atomic E-state index is 11.9. The summed E-state index contributed by atoms with van der Waals surface area (Å²) in [4.78, 5) is 25.4. The number of aliphatic hydroxyl groups is 1. The Labute approximate surface area is 140 Å². The highest BCUT2D eigenvalue weighted by atomic mass is 16.5. The molecule has 1 heterocycles. The van der Waals surface area contributed by atoms with E-state index < -0.39 is 11.5 Å². The number of amides is 1. The van der Waals surface area contributed by atoms with Gasteiger partial charge in [0.1, 0.15) is 11.5 Å². The zero-order chi connectivity index (χ0) is 17.4. The second-order valence-corrected chi connectivity index (χ2v) is 7.47. The van der Waals surface area contributed by atoms with E-state index in [-0.39, 0.29) is 35.9 Å². The number of nitrogens with zero attached hydrogens (tertiary/aromatic N) is 1. The van der Waals surface area contributed by atoms with E-state index in [2.05, 4.69) is 0 Å². The van der Waals surface area contributed by atoms with E-state index in [1.54, 1.807) is 11.8 Å². The molecule has 0 bridgehead atoms. The summed E-state index contributed by atoms with van der Waals surface area (Å²) in [6.45, 7) is 7.33. The fraction of sp³-hybridized carbons (Fsp3) is 0.882. The lowest BCUT2D eigenvalue weighted by Crippen LogP contribution is -2.47. The Bertz CT molecular complexity index is 468. The zero-order valence-corrected chi connectivity index (χ0v) is 14.6. The Morgan fingerprint density at radius 3 is 2.52 bits per heavy atom. The first-order chi connectivity index (χ1) is 10.7. The molecule has 5 unspecified atom stereocenters. The van der Waals surface area contributed by atoms with Crippen LogP contribution >= 0.6 is 0 Å². The van der Waals surface area contributed by atoms with Crippen LogP contribution in [0, 0.1) is 11.8 Å². The average molecular weight is 321 g/mol. The van der Waals surface area contributed by atoms with Crippen LogP contribution in [0.2, 0.25) is 0 Å². The quantitative estimate of drug-likeness (QED) is 0.807. The molecule has 0 aromatic carbocycles. The predicted molar refractivity (Wildman–Crippen MR) is 88.2 cm³/mol. The normalized spacial score (nSPS) is 36.9.